The van der Waals surface area contributed by atoms with Crippen molar-refractivity contribution in [1.29, 1.82) is 0 Å². The number of nitrogens with two attached hydrogens (primary N) is 1. The lowest BCUT2D eigenvalue weighted by Crippen LogP contribution is -2.33. The van der Waals surface area contributed by atoms with Crippen molar-refractivity contribution in [1.82, 2.24) is 14.7 Å². The Morgan fingerprint density at radius 3 is 2.45 bits per heavy atom. The fraction of sp³-hybridized carbons (Fsp3) is 0.643. The minimum absolute atomic E-state index is 0.0318. The molecular weight excluding hydrogens is 256 g/mol. The van der Waals surface area contributed by atoms with Crippen LogP contribution in [-0.4, -0.2) is 33.0 Å². The lowest BCUT2D eigenvalue weighted by atomic mass is 10.00. The quantitative estimate of drug-likeness (QED) is 0.828. The maximum absolute atomic E-state index is 12.3. The fourth-order valence-corrected chi connectivity index (χ4v) is 3.46. The smallest absolute Gasteiger partial charge is 0.233 e. The van der Waals surface area contributed by atoms with Crippen LogP contribution >= 0.6 is 0 Å². The summed E-state index contributed by atoms with van der Waals surface area (Å²) >= 11 is 0. The fourth-order valence-electron chi connectivity index (χ4n) is 3.46. The van der Waals surface area contributed by atoms with Crippen molar-refractivity contribution < 1.29 is 9.59 Å². The number of nitrogens with zero attached hydrogens (tertiary/aromatic N) is 3. The molecule has 3 rings (SSSR count). The van der Waals surface area contributed by atoms with Crippen LogP contribution in [0.2, 0.25) is 0 Å². The van der Waals surface area contributed by atoms with Crippen molar-refractivity contribution in [2.24, 2.45) is 17.8 Å². The summed E-state index contributed by atoms with van der Waals surface area (Å²) in [5, 5.41) is 4.09. The first-order chi connectivity index (χ1) is 9.56. The molecule has 2 atom stereocenters. The Balaban J connectivity index is 1.56. The van der Waals surface area contributed by atoms with Crippen LogP contribution in [0.4, 0.5) is 5.82 Å². The number of carbonyl (C=O) groups is 2. The van der Waals surface area contributed by atoms with Gasteiger partial charge in [0.05, 0.1) is 11.8 Å². The van der Waals surface area contributed by atoms with Gasteiger partial charge in [-0.15, -0.1) is 0 Å². The first-order valence-corrected chi connectivity index (χ1v) is 7.20. The molecular formula is C14H20N4O2. The number of carbonyl (C=O) groups excluding carboxylic acids is 2. The van der Waals surface area contributed by atoms with E-state index in [2.05, 4.69) is 12.0 Å². The molecule has 0 aromatic carbocycles. The largest absolute Gasteiger partial charge is 0.382 e. The number of hydrogen-bond donors (Lipinski definition) is 1. The Labute approximate surface area is 117 Å². The number of amides is 2. The normalized spacial score (nSPS) is 29.2. The van der Waals surface area contributed by atoms with Gasteiger partial charge in [0, 0.05) is 19.3 Å². The topological polar surface area (TPSA) is 81.2 Å². The van der Waals surface area contributed by atoms with Gasteiger partial charge >= 0.3 is 0 Å². The van der Waals surface area contributed by atoms with Crippen molar-refractivity contribution >= 4 is 17.6 Å². The standard InChI is InChI=1S/C14H20N4O2/c1-9-7-10-11(8-9)14(20)18(13(10)19)5-2-4-17-6-3-12(15)16-17/h3,6,9-11H,2,4-5,7-8H2,1H3,(H2,15,16). The minimum atomic E-state index is -0.0575. The molecule has 108 valence electrons. The van der Waals surface area contributed by atoms with Crippen molar-refractivity contribution in [3.05, 3.63) is 12.3 Å². The van der Waals surface area contributed by atoms with E-state index in [0.29, 0.717) is 31.2 Å². The molecule has 0 radical (unpaired) electrons. The molecule has 2 N–H and O–H groups in total. The van der Waals surface area contributed by atoms with Crippen LogP contribution in [0, 0.1) is 17.8 Å². The van der Waals surface area contributed by atoms with Gasteiger partial charge in [-0.05, 0) is 31.2 Å². The number of rotatable bonds is 4. The third-order valence-corrected chi connectivity index (χ3v) is 4.39. The molecule has 20 heavy (non-hydrogen) atoms. The number of aromatic nitrogens is 2. The highest BCUT2D eigenvalue weighted by Gasteiger charge is 2.51. The van der Waals surface area contributed by atoms with E-state index < -0.39 is 0 Å². The summed E-state index contributed by atoms with van der Waals surface area (Å²) in [5.74, 6) is 0.929. The van der Waals surface area contributed by atoms with Crippen molar-refractivity contribution in [3.63, 3.8) is 0 Å². The number of aryl methyl sites for hydroxylation is 1. The third-order valence-electron chi connectivity index (χ3n) is 4.39. The van der Waals surface area contributed by atoms with Gasteiger partial charge in [-0.2, -0.15) is 5.10 Å². The summed E-state index contributed by atoms with van der Waals surface area (Å²) in [5.41, 5.74) is 5.54. The third kappa shape index (κ3) is 2.19. The Bertz CT molecular complexity index is 515. The summed E-state index contributed by atoms with van der Waals surface area (Å²) in [4.78, 5) is 26.0. The lowest BCUT2D eigenvalue weighted by molar-refractivity contribution is -0.140. The molecule has 2 amide bonds. The van der Waals surface area contributed by atoms with E-state index in [-0.39, 0.29) is 23.7 Å². The number of hydrogen-bond acceptors (Lipinski definition) is 4. The van der Waals surface area contributed by atoms with Crippen LogP contribution in [0.25, 0.3) is 0 Å². The lowest BCUT2D eigenvalue weighted by Gasteiger charge is -2.16. The summed E-state index contributed by atoms with van der Waals surface area (Å²) in [6, 6.07) is 1.73. The molecule has 2 fully saturated rings. The van der Waals surface area contributed by atoms with E-state index in [1.54, 1.807) is 16.9 Å². The Hall–Kier alpha value is -1.85. The van der Waals surface area contributed by atoms with Crippen LogP contribution in [0.1, 0.15) is 26.2 Å². The molecule has 6 heteroatoms. The van der Waals surface area contributed by atoms with Crippen LogP contribution in [0.15, 0.2) is 12.3 Å². The van der Waals surface area contributed by atoms with Crippen LogP contribution in [0.3, 0.4) is 0 Å². The van der Waals surface area contributed by atoms with Gasteiger partial charge in [-0.25, -0.2) is 0 Å². The summed E-state index contributed by atoms with van der Waals surface area (Å²) < 4.78 is 1.74. The average Bonchev–Trinajstić information content (AvgIpc) is 3.04. The maximum Gasteiger partial charge on any atom is 0.233 e. The predicted molar refractivity (Wildman–Crippen MR) is 73.4 cm³/mol. The van der Waals surface area contributed by atoms with Crippen molar-refractivity contribution in [2.45, 2.75) is 32.7 Å². The highest BCUT2D eigenvalue weighted by molar-refractivity contribution is 6.05. The molecule has 1 aliphatic heterocycles. The zero-order valence-corrected chi connectivity index (χ0v) is 11.7. The van der Waals surface area contributed by atoms with E-state index in [0.717, 1.165) is 12.8 Å². The molecule has 6 nitrogen and oxygen atoms in total. The number of imide groups is 1. The minimum Gasteiger partial charge on any atom is -0.382 e. The van der Waals surface area contributed by atoms with E-state index in [1.165, 1.54) is 4.90 Å². The molecule has 1 aliphatic carbocycles. The van der Waals surface area contributed by atoms with Gasteiger partial charge in [0.2, 0.25) is 11.8 Å². The van der Waals surface area contributed by atoms with E-state index in [4.69, 9.17) is 5.73 Å². The molecule has 2 heterocycles. The Kier molecular flexibility index (Phi) is 3.23. The molecule has 0 bridgehead atoms. The van der Waals surface area contributed by atoms with Gasteiger partial charge < -0.3 is 5.73 Å². The molecule has 1 aromatic heterocycles. The highest BCUT2D eigenvalue weighted by Crippen LogP contribution is 2.42. The van der Waals surface area contributed by atoms with E-state index in [1.807, 2.05) is 0 Å². The number of nitrogen functional groups attached to an aromatic ring is 1. The van der Waals surface area contributed by atoms with Gasteiger partial charge in [0.15, 0.2) is 0 Å². The highest BCUT2D eigenvalue weighted by atomic mass is 16.2. The van der Waals surface area contributed by atoms with Crippen molar-refractivity contribution in [2.75, 3.05) is 12.3 Å². The second-order valence-corrected chi connectivity index (χ2v) is 5.97. The summed E-state index contributed by atoms with van der Waals surface area (Å²) in [6.45, 7) is 3.27. The molecule has 0 spiro atoms. The second kappa shape index (κ2) is 4.92. The Morgan fingerprint density at radius 1 is 1.25 bits per heavy atom. The van der Waals surface area contributed by atoms with Gasteiger partial charge in [0.1, 0.15) is 5.82 Å². The summed E-state index contributed by atoms with van der Waals surface area (Å²) in [6.07, 6.45) is 4.25. The first kappa shape index (κ1) is 13.1. The predicted octanol–water partition coefficient (Wildman–Crippen LogP) is 0.886. The SMILES string of the molecule is CC1CC2C(=O)N(CCCn3ccc(N)n3)C(=O)C2C1. The number of anilines is 1. The zero-order chi connectivity index (χ0) is 14.3. The molecule has 2 aliphatic rings. The van der Waals surface area contributed by atoms with Crippen LogP contribution < -0.4 is 5.73 Å². The number of fused-ring (bicyclic) bond motifs is 1. The molecule has 2 unspecified atom stereocenters. The van der Waals surface area contributed by atoms with Gasteiger partial charge in [-0.3, -0.25) is 19.2 Å². The van der Waals surface area contributed by atoms with Gasteiger partial charge in [0.25, 0.3) is 0 Å². The van der Waals surface area contributed by atoms with Crippen LogP contribution in [0.5, 0.6) is 0 Å². The average molecular weight is 276 g/mol. The summed E-state index contributed by atoms with van der Waals surface area (Å²) in [7, 11) is 0. The van der Waals surface area contributed by atoms with Crippen molar-refractivity contribution in [3.8, 4) is 0 Å². The van der Waals surface area contributed by atoms with E-state index >= 15 is 0 Å². The van der Waals surface area contributed by atoms with E-state index in [9.17, 15) is 9.59 Å². The first-order valence-electron chi connectivity index (χ1n) is 7.20. The van der Waals surface area contributed by atoms with Gasteiger partial charge in [-0.1, -0.05) is 6.92 Å². The molecule has 1 saturated heterocycles. The number of likely N-dealkylation sites (tertiary alicyclic amines) is 1. The second-order valence-electron chi connectivity index (χ2n) is 5.97. The molecule has 1 aromatic rings. The molecule has 1 saturated carbocycles. The monoisotopic (exact) mass is 276 g/mol. The maximum atomic E-state index is 12.3. The van der Waals surface area contributed by atoms with Crippen LogP contribution in [-0.2, 0) is 16.1 Å². The Morgan fingerprint density at radius 2 is 1.90 bits per heavy atom. The zero-order valence-electron chi connectivity index (χ0n) is 11.7.